The van der Waals surface area contributed by atoms with Gasteiger partial charge in [0.2, 0.25) is 0 Å². The minimum Gasteiger partial charge on any atom is -0.465 e. The predicted octanol–water partition coefficient (Wildman–Crippen LogP) is 2.80. The molecular weight excluding hydrogens is 242 g/mol. The number of carbonyl (C=O) groups is 1. The van der Waals surface area contributed by atoms with Gasteiger partial charge in [0.1, 0.15) is 5.69 Å². The monoisotopic (exact) mass is 252 g/mol. The number of nitrogens with zero attached hydrogens (tertiary/aromatic N) is 1. The molecule has 6 heteroatoms. The molecule has 1 N–H and O–H groups in total. The number of aromatic nitrogens is 2. The highest BCUT2D eigenvalue weighted by Crippen LogP contribution is 2.29. The third kappa shape index (κ3) is 2.22. The Kier molecular flexibility index (Phi) is 3.36. The molecule has 1 aromatic heterocycles. The number of nitrogens with one attached hydrogen (secondary N) is 1. The Hall–Kier alpha value is -2.24. The number of aromatic amines is 1. The van der Waals surface area contributed by atoms with Crippen LogP contribution < -0.4 is 0 Å². The third-order valence-electron chi connectivity index (χ3n) is 2.48. The van der Waals surface area contributed by atoms with Crippen molar-refractivity contribution in [1.29, 1.82) is 0 Å². The van der Waals surface area contributed by atoms with Gasteiger partial charge in [0, 0.05) is 5.56 Å². The predicted molar refractivity (Wildman–Crippen MR) is 60.3 cm³/mol. The zero-order chi connectivity index (χ0) is 13.1. The number of benzene rings is 1. The van der Waals surface area contributed by atoms with Gasteiger partial charge in [-0.3, -0.25) is 5.10 Å². The molecule has 0 spiro atoms. The zero-order valence-electron chi connectivity index (χ0n) is 9.48. The van der Waals surface area contributed by atoms with Crippen LogP contribution >= 0.6 is 0 Å². The van der Waals surface area contributed by atoms with Crippen LogP contribution in [0.25, 0.3) is 11.1 Å². The number of rotatable bonds is 3. The van der Waals surface area contributed by atoms with Crippen molar-refractivity contribution in [3.63, 3.8) is 0 Å². The van der Waals surface area contributed by atoms with Crippen molar-refractivity contribution < 1.29 is 18.3 Å². The summed E-state index contributed by atoms with van der Waals surface area (Å²) in [7, 11) is 1.26. The van der Waals surface area contributed by atoms with Gasteiger partial charge in [0.05, 0.1) is 18.9 Å². The van der Waals surface area contributed by atoms with Crippen LogP contribution in [0.15, 0.2) is 30.5 Å². The second-order valence-electron chi connectivity index (χ2n) is 3.57. The first kappa shape index (κ1) is 12.2. The van der Waals surface area contributed by atoms with Gasteiger partial charge in [-0.1, -0.05) is 12.1 Å². The van der Waals surface area contributed by atoms with Crippen molar-refractivity contribution in [2.45, 2.75) is 6.43 Å². The molecule has 0 unspecified atom stereocenters. The molecule has 94 valence electrons. The number of methoxy groups -OCH3 is 1. The van der Waals surface area contributed by atoms with E-state index in [4.69, 9.17) is 0 Å². The van der Waals surface area contributed by atoms with Gasteiger partial charge in [-0.05, 0) is 17.7 Å². The number of ether oxygens (including phenoxy) is 1. The van der Waals surface area contributed by atoms with Crippen molar-refractivity contribution in [3.8, 4) is 11.1 Å². The minimum absolute atomic E-state index is 0.267. The summed E-state index contributed by atoms with van der Waals surface area (Å²) in [6.45, 7) is 0. The summed E-state index contributed by atoms with van der Waals surface area (Å²) in [6.07, 6.45) is -1.35. The first-order valence-electron chi connectivity index (χ1n) is 5.13. The van der Waals surface area contributed by atoms with Crippen LogP contribution in [0.1, 0.15) is 22.5 Å². The molecular formula is C12H10F2N2O2. The lowest BCUT2D eigenvalue weighted by Gasteiger charge is -2.04. The minimum atomic E-state index is -2.65. The standard InChI is InChI=1S/C12H10F2N2O2/c1-18-12(17)8-4-2-3-7(5-8)9-6-15-16-10(9)11(13)14/h2-6,11H,1H3,(H,15,16). The summed E-state index contributed by atoms with van der Waals surface area (Å²) in [4.78, 5) is 11.4. The molecule has 0 amide bonds. The Balaban J connectivity index is 2.45. The molecule has 2 aromatic rings. The van der Waals surface area contributed by atoms with E-state index in [9.17, 15) is 13.6 Å². The normalized spacial score (nSPS) is 10.7. The maximum absolute atomic E-state index is 12.7. The number of esters is 1. The molecule has 4 nitrogen and oxygen atoms in total. The van der Waals surface area contributed by atoms with Crippen molar-refractivity contribution in [2.75, 3.05) is 7.11 Å². The molecule has 0 aliphatic rings. The largest absolute Gasteiger partial charge is 0.465 e. The van der Waals surface area contributed by atoms with E-state index in [0.717, 1.165) is 0 Å². The average molecular weight is 252 g/mol. The molecule has 18 heavy (non-hydrogen) atoms. The lowest BCUT2D eigenvalue weighted by molar-refractivity contribution is 0.0601. The first-order valence-corrected chi connectivity index (χ1v) is 5.13. The van der Waals surface area contributed by atoms with Gasteiger partial charge in [-0.25, -0.2) is 13.6 Å². The number of H-pyrrole nitrogens is 1. The Bertz CT molecular complexity index is 567. The summed E-state index contributed by atoms with van der Waals surface area (Å²) >= 11 is 0. The molecule has 0 fully saturated rings. The van der Waals surface area contributed by atoms with Crippen LogP contribution in [0.5, 0.6) is 0 Å². The van der Waals surface area contributed by atoms with Gasteiger partial charge in [0.15, 0.2) is 0 Å². The average Bonchev–Trinajstić information content (AvgIpc) is 2.87. The topological polar surface area (TPSA) is 55.0 Å². The highest BCUT2D eigenvalue weighted by Gasteiger charge is 2.17. The van der Waals surface area contributed by atoms with E-state index in [1.54, 1.807) is 18.2 Å². The summed E-state index contributed by atoms with van der Waals surface area (Å²) in [5.74, 6) is -0.515. The summed E-state index contributed by atoms with van der Waals surface area (Å²) in [5.41, 5.74) is 0.797. The molecule has 0 atom stereocenters. The Morgan fingerprint density at radius 1 is 1.44 bits per heavy atom. The van der Waals surface area contributed by atoms with Gasteiger partial charge >= 0.3 is 5.97 Å². The van der Waals surface area contributed by atoms with Crippen LogP contribution in [0.2, 0.25) is 0 Å². The van der Waals surface area contributed by atoms with E-state index in [1.165, 1.54) is 19.4 Å². The fraction of sp³-hybridized carbons (Fsp3) is 0.167. The molecule has 2 rings (SSSR count). The van der Waals surface area contributed by atoms with Gasteiger partial charge in [-0.2, -0.15) is 5.10 Å². The molecule has 1 aromatic carbocycles. The maximum atomic E-state index is 12.7. The zero-order valence-corrected chi connectivity index (χ0v) is 9.48. The van der Waals surface area contributed by atoms with Crippen LogP contribution in [0.4, 0.5) is 8.78 Å². The van der Waals surface area contributed by atoms with E-state index < -0.39 is 12.4 Å². The second kappa shape index (κ2) is 4.95. The smallest absolute Gasteiger partial charge is 0.337 e. The van der Waals surface area contributed by atoms with Crippen LogP contribution in [-0.4, -0.2) is 23.3 Å². The summed E-state index contributed by atoms with van der Waals surface area (Å²) in [5, 5.41) is 5.84. The molecule has 0 bridgehead atoms. The van der Waals surface area contributed by atoms with Crippen LogP contribution in [0, 0.1) is 0 Å². The van der Waals surface area contributed by atoms with Crippen molar-refractivity contribution in [3.05, 3.63) is 41.7 Å². The molecule has 0 saturated carbocycles. The van der Waals surface area contributed by atoms with Crippen molar-refractivity contribution in [2.24, 2.45) is 0 Å². The molecule has 0 aliphatic carbocycles. The fourth-order valence-electron chi connectivity index (χ4n) is 1.62. The van der Waals surface area contributed by atoms with E-state index in [1.807, 2.05) is 0 Å². The highest BCUT2D eigenvalue weighted by molar-refractivity contribution is 5.91. The maximum Gasteiger partial charge on any atom is 0.337 e. The van der Waals surface area contributed by atoms with E-state index >= 15 is 0 Å². The summed E-state index contributed by atoms with van der Waals surface area (Å²) in [6, 6.07) is 6.27. The number of alkyl halides is 2. The van der Waals surface area contributed by atoms with Crippen LogP contribution in [-0.2, 0) is 4.74 Å². The third-order valence-corrected chi connectivity index (χ3v) is 2.48. The first-order chi connectivity index (χ1) is 8.63. The number of carbonyl (C=O) groups excluding carboxylic acids is 1. The highest BCUT2D eigenvalue weighted by atomic mass is 19.3. The Morgan fingerprint density at radius 3 is 2.89 bits per heavy atom. The quantitative estimate of drug-likeness (QED) is 0.854. The number of halogens is 2. The van der Waals surface area contributed by atoms with E-state index in [2.05, 4.69) is 14.9 Å². The van der Waals surface area contributed by atoms with Crippen molar-refractivity contribution in [1.82, 2.24) is 10.2 Å². The van der Waals surface area contributed by atoms with Crippen molar-refractivity contribution >= 4 is 5.97 Å². The lowest BCUT2D eigenvalue weighted by atomic mass is 10.0. The Labute approximate surface area is 102 Å². The van der Waals surface area contributed by atoms with Gasteiger partial charge in [0.25, 0.3) is 6.43 Å². The summed E-state index contributed by atoms with van der Waals surface area (Å²) < 4.78 is 30.0. The lowest BCUT2D eigenvalue weighted by Crippen LogP contribution is -2.01. The fourth-order valence-corrected chi connectivity index (χ4v) is 1.62. The molecule has 0 radical (unpaired) electrons. The molecule has 0 aliphatic heterocycles. The second-order valence-corrected chi connectivity index (χ2v) is 3.57. The SMILES string of the molecule is COC(=O)c1cccc(-c2cn[nH]c2C(F)F)c1. The number of hydrogen-bond acceptors (Lipinski definition) is 3. The van der Waals surface area contributed by atoms with E-state index in [-0.39, 0.29) is 11.3 Å². The number of hydrogen-bond donors (Lipinski definition) is 1. The molecule has 1 heterocycles. The van der Waals surface area contributed by atoms with Gasteiger partial charge in [-0.15, -0.1) is 0 Å². The molecule has 0 saturated heterocycles. The van der Waals surface area contributed by atoms with Gasteiger partial charge < -0.3 is 4.74 Å². The Morgan fingerprint density at radius 2 is 2.22 bits per heavy atom. The van der Waals surface area contributed by atoms with Crippen LogP contribution in [0.3, 0.4) is 0 Å². The van der Waals surface area contributed by atoms with E-state index in [0.29, 0.717) is 11.1 Å².